The Kier molecular flexibility index (Phi) is 14.9. The summed E-state index contributed by atoms with van der Waals surface area (Å²) >= 11 is 0. The number of aromatic hydroxyl groups is 1. The van der Waals surface area contributed by atoms with Crippen molar-refractivity contribution in [1.29, 1.82) is 0 Å². The molecule has 1 atom stereocenters. The maximum absolute atomic E-state index is 13.3. The third-order valence-electron chi connectivity index (χ3n) is 12.0. The molecule has 0 radical (unpaired) electrons. The van der Waals surface area contributed by atoms with E-state index in [2.05, 4.69) is 22.5 Å². The Hall–Kier alpha value is -5.82. The lowest BCUT2D eigenvalue weighted by Gasteiger charge is -2.39. The summed E-state index contributed by atoms with van der Waals surface area (Å²) in [5.41, 5.74) is 3.64. The Morgan fingerprint density at radius 1 is 0.850 bits per heavy atom. The molecule has 2 amide bonds. The Bertz CT molecular complexity index is 2260. The van der Waals surface area contributed by atoms with E-state index in [1.54, 1.807) is 34.1 Å². The Balaban J connectivity index is 0.000000676. The first kappa shape index (κ1) is 43.8. The summed E-state index contributed by atoms with van der Waals surface area (Å²) in [6, 6.07) is 30.3. The number of pyridine rings is 1. The average molecular weight is 816 g/mol. The first-order chi connectivity index (χ1) is 29.0. The summed E-state index contributed by atoms with van der Waals surface area (Å²) in [7, 11) is 0. The quantitative estimate of drug-likeness (QED) is 0.0802. The second kappa shape index (κ2) is 20.4. The second-order valence-electron chi connectivity index (χ2n) is 16.0. The number of carboxylic acids is 1. The van der Waals surface area contributed by atoms with Crippen LogP contribution in [0.2, 0.25) is 0 Å². The number of likely N-dealkylation sites (tertiary alicyclic amines) is 1. The van der Waals surface area contributed by atoms with E-state index < -0.39 is 17.5 Å². The number of aliphatic hydroxyl groups excluding tert-OH is 1. The van der Waals surface area contributed by atoms with Gasteiger partial charge in [-0.15, -0.1) is 0 Å². The number of aromatic amines is 1. The average Bonchev–Trinajstić information content (AvgIpc) is 3.27. The Labute approximate surface area is 351 Å². The number of aliphatic hydroxyl groups is 1. The molecule has 0 saturated carbocycles. The van der Waals surface area contributed by atoms with Gasteiger partial charge in [-0.2, -0.15) is 0 Å². The molecule has 6 N–H and O–H groups in total. The topological polar surface area (TPSA) is 175 Å². The first-order valence-electron chi connectivity index (χ1n) is 20.9. The van der Waals surface area contributed by atoms with Gasteiger partial charge in [0.25, 0.3) is 5.91 Å². The standard InChI is InChI=1S/C41H42N4O7.C7H15N/c1-27(46)45(25-29-9-7-28(8-10-29)23-42-24-36(48)33-15-17-35(47)38-34(33)16-18-37(49)43-38)26-30-11-13-31(14-12-30)39(50)44-21-19-41(20-22-44,40(51)52)32-5-3-2-4-6-32;1-2-7-3-5-8-6-4-7/h2-18,36,42,47-48H,19-26H2,1H3,(H,43,49)(H,51,52);7-8H,2-6H2,1H3. The highest BCUT2D eigenvalue weighted by molar-refractivity contribution is 5.94. The van der Waals surface area contributed by atoms with Crippen LogP contribution in [0.15, 0.2) is 108 Å². The molecule has 5 aromatic rings. The maximum Gasteiger partial charge on any atom is 0.314 e. The van der Waals surface area contributed by atoms with E-state index in [4.69, 9.17) is 0 Å². The molecular formula is C48H57N5O7. The lowest BCUT2D eigenvalue weighted by molar-refractivity contribution is -0.145. The number of phenols is 1. The number of phenolic OH excluding ortho intramolecular Hbond substituents is 1. The largest absolute Gasteiger partial charge is 0.506 e. The molecule has 0 aliphatic carbocycles. The van der Waals surface area contributed by atoms with Gasteiger partial charge < -0.3 is 40.7 Å². The van der Waals surface area contributed by atoms with Gasteiger partial charge in [0.05, 0.1) is 17.0 Å². The first-order valence-corrected chi connectivity index (χ1v) is 20.9. The van der Waals surface area contributed by atoms with Crippen LogP contribution in [0.5, 0.6) is 5.75 Å². The highest BCUT2D eigenvalue weighted by Crippen LogP contribution is 2.36. The van der Waals surface area contributed by atoms with E-state index >= 15 is 0 Å². The summed E-state index contributed by atoms with van der Waals surface area (Å²) in [4.78, 5) is 56.0. The zero-order valence-electron chi connectivity index (χ0n) is 34.5. The van der Waals surface area contributed by atoms with Crippen molar-refractivity contribution in [2.75, 3.05) is 32.7 Å². The van der Waals surface area contributed by atoms with E-state index in [0.717, 1.165) is 28.2 Å². The van der Waals surface area contributed by atoms with Gasteiger partial charge >= 0.3 is 5.97 Å². The number of hydrogen-bond donors (Lipinski definition) is 6. The normalized spacial score (nSPS) is 15.8. The number of aliphatic carboxylic acids is 1. The number of aromatic nitrogens is 1. The SMILES string of the molecule is CC(=O)N(Cc1ccc(CNCC(O)c2ccc(O)c3[nH]c(=O)ccc23)cc1)Cc1ccc(C(=O)N2CCC(C(=O)O)(c3ccccc3)CC2)cc1.CCC1CCNCC1. The number of carbonyl (C=O) groups is 3. The highest BCUT2D eigenvalue weighted by atomic mass is 16.4. The summed E-state index contributed by atoms with van der Waals surface area (Å²) in [6.45, 7) is 8.52. The number of amides is 2. The number of carbonyl (C=O) groups excluding carboxylic acids is 2. The van der Waals surface area contributed by atoms with Gasteiger partial charge in [-0.25, -0.2) is 0 Å². The Morgan fingerprint density at radius 3 is 2.05 bits per heavy atom. The molecule has 2 fully saturated rings. The lowest BCUT2D eigenvalue weighted by atomic mass is 9.73. The Morgan fingerprint density at radius 2 is 1.47 bits per heavy atom. The smallest absolute Gasteiger partial charge is 0.314 e. The third-order valence-corrected chi connectivity index (χ3v) is 12.0. The minimum atomic E-state index is -1.00. The minimum Gasteiger partial charge on any atom is -0.506 e. The van der Waals surface area contributed by atoms with Gasteiger partial charge in [0, 0.05) is 63.2 Å². The molecule has 12 nitrogen and oxygen atoms in total. The number of fused-ring (bicyclic) bond motifs is 1. The van der Waals surface area contributed by atoms with Crippen LogP contribution in [0.4, 0.5) is 0 Å². The summed E-state index contributed by atoms with van der Waals surface area (Å²) in [5, 5.41) is 38.2. The van der Waals surface area contributed by atoms with E-state index in [-0.39, 0.29) is 35.2 Å². The minimum absolute atomic E-state index is 0.0600. The molecule has 2 aliphatic heterocycles. The van der Waals surface area contributed by atoms with Crippen LogP contribution in [0.25, 0.3) is 10.9 Å². The number of nitrogens with zero attached hydrogens (tertiary/aromatic N) is 2. The molecule has 0 spiro atoms. The van der Waals surface area contributed by atoms with Crippen molar-refractivity contribution in [3.05, 3.63) is 147 Å². The van der Waals surface area contributed by atoms with Crippen LogP contribution < -0.4 is 16.2 Å². The van der Waals surface area contributed by atoms with Crippen molar-refractivity contribution >= 4 is 28.7 Å². The molecule has 1 unspecified atom stereocenters. The number of piperidine rings is 2. The number of benzene rings is 4. The molecule has 2 saturated heterocycles. The van der Waals surface area contributed by atoms with E-state index in [9.17, 15) is 34.5 Å². The van der Waals surface area contributed by atoms with Crippen LogP contribution >= 0.6 is 0 Å². The second-order valence-corrected chi connectivity index (χ2v) is 16.0. The molecule has 1 aromatic heterocycles. The third kappa shape index (κ3) is 10.9. The number of rotatable bonds is 13. The van der Waals surface area contributed by atoms with Crippen LogP contribution in [0.1, 0.15) is 90.2 Å². The highest BCUT2D eigenvalue weighted by Gasteiger charge is 2.44. The van der Waals surface area contributed by atoms with Gasteiger partial charge in [0.15, 0.2) is 0 Å². The van der Waals surface area contributed by atoms with E-state index in [0.29, 0.717) is 62.1 Å². The molecule has 12 heteroatoms. The molecule has 0 bridgehead atoms. The fourth-order valence-electron chi connectivity index (χ4n) is 8.19. The fourth-order valence-corrected chi connectivity index (χ4v) is 8.19. The number of nitrogens with one attached hydrogen (secondary N) is 3. The lowest BCUT2D eigenvalue weighted by Crippen LogP contribution is -2.49. The number of carboxylic acid groups (broad SMARTS) is 1. The van der Waals surface area contributed by atoms with Gasteiger partial charge in [-0.05, 0) is 96.8 Å². The van der Waals surface area contributed by atoms with Crippen molar-refractivity contribution in [2.45, 2.75) is 77.1 Å². The van der Waals surface area contributed by atoms with Crippen molar-refractivity contribution in [1.82, 2.24) is 25.4 Å². The molecule has 316 valence electrons. The van der Waals surface area contributed by atoms with Gasteiger partial charge in [-0.1, -0.05) is 86.1 Å². The van der Waals surface area contributed by atoms with Gasteiger partial charge in [0.2, 0.25) is 11.5 Å². The van der Waals surface area contributed by atoms with Crippen LogP contribution in [0, 0.1) is 5.92 Å². The van der Waals surface area contributed by atoms with E-state index in [1.165, 1.54) is 51.4 Å². The monoisotopic (exact) mass is 815 g/mol. The van der Waals surface area contributed by atoms with Gasteiger partial charge in [-0.3, -0.25) is 19.2 Å². The summed E-state index contributed by atoms with van der Waals surface area (Å²) in [5.74, 6) is -0.129. The molecule has 4 aromatic carbocycles. The molecule has 7 rings (SSSR count). The van der Waals surface area contributed by atoms with E-state index in [1.807, 2.05) is 66.7 Å². The van der Waals surface area contributed by atoms with Crippen molar-refractivity contribution in [2.24, 2.45) is 5.92 Å². The predicted octanol–water partition coefficient (Wildman–Crippen LogP) is 6.26. The van der Waals surface area contributed by atoms with Crippen LogP contribution in [-0.2, 0) is 34.6 Å². The zero-order chi connectivity index (χ0) is 42.6. The number of H-pyrrole nitrogens is 1. The van der Waals surface area contributed by atoms with Crippen molar-refractivity contribution in [3.63, 3.8) is 0 Å². The summed E-state index contributed by atoms with van der Waals surface area (Å²) < 4.78 is 0. The van der Waals surface area contributed by atoms with Crippen molar-refractivity contribution < 1.29 is 29.7 Å². The molecule has 60 heavy (non-hydrogen) atoms. The molecule has 3 heterocycles. The van der Waals surface area contributed by atoms with Crippen molar-refractivity contribution in [3.8, 4) is 5.75 Å². The molecular weight excluding hydrogens is 759 g/mol. The van der Waals surface area contributed by atoms with Crippen LogP contribution in [0.3, 0.4) is 0 Å². The fraction of sp³-hybridized carbons (Fsp3) is 0.375. The summed E-state index contributed by atoms with van der Waals surface area (Å²) in [6.07, 6.45) is 3.99. The number of hydrogen-bond acceptors (Lipinski definition) is 8. The van der Waals surface area contributed by atoms with Gasteiger partial charge in [0.1, 0.15) is 5.75 Å². The van der Waals surface area contributed by atoms with Crippen LogP contribution in [-0.4, -0.2) is 80.6 Å². The zero-order valence-corrected chi connectivity index (χ0v) is 34.5. The molecule has 2 aliphatic rings. The maximum atomic E-state index is 13.3. The predicted molar refractivity (Wildman–Crippen MR) is 232 cm³/mol.